The number of hydrogen-bond donors (Lipinski definition) is 0. The molecule has 2 aromatic rings. The van der Waals surface area contributed by atoms with Crippen molar-refractivity contribution in [2.45, 2.75) is 31.0 Å². The van der Waals surface area contributed by atoms with E-state index in [4.69, 9.17) is 25.5 Å². The van der Waals surface area contributed by atoms with Crippen molar-refractivity contribution < 1.29 is 18.7 Å². The van der Waals surface area contributed by atoms with Gasteiger partial charge in [0, 0.05) is 18.0 Å². The Morgan fingerprint density at radius 3 is 2.96 bits per heavy atom. The number of hydrogen-bond acceptors (Lipinski definition) is 5. The summed E-state index contributed by atoms with van der Waals surface area (Å²) in [6, 6.07) is 7.32. The van der Waals surface area contributed by atoms with Gasteiger partial charge < -0.3 is 18.8 Å². The van der Waals surface area contributed by atoms with Gasteiger partial charge in [0.15, 0.2) is 6.39 Å². The number of nitrogens with zero attached hydrogens (tertiary/aromatic N) is 2. The van der Waals surface area contributed by atoms with Crippen LogP contribution in [0.15, 0.2) is 41.3 Å². The second-order valence-corrected chi connectivity index (χ2v) is 7.02. The standard InChI is InChI=1S/C18H19ClN2O4/c19-13-2-4-14(5-3-13)25-15-8-18(24-10-15)6-1-7-21(11-18)17(22)16-9-20-12-23-16/h2-5,9,12,15H,1,6-8,10-11H2/t15-,18-/m1/s1. The van der Waals surface area contributed by atoms with Crippen molar-refractivity contribution in [2.75, 3.05) is 19.7 Å². The highest BCUT2D eigenvalue weighted by molar-refractivity contribution is 6.30. The van der Waals surface area contributed by atoms with Crippen LogP contribution >= 0.6 is 11.6 Å². The minimum atomic E-state index is -0.342. The summed E-state index contributed by atoms with van der Waals surface area (Å²) in [7, 11) is 0. The lowest BCUT2D eigenvalue weighted by atomic mass is 9.89. The molecule has 0 bridgehead atoms. The lowest BCUT2D eigenvalue weighted by molar-refractivity contribution is -0.0458. The second kappa shape index (κ2) is 6.69. The Balaban J connectivity index is 1.40. The van der Waals surface area contributed by atoms with Gasteiger partial charge in [0.2, 0.25) is 5.76 Å². The summed E-state index contributed by atoms with van der Waals surface area (Å²) in [5.74, 6) is 0.909. The molecule has 3 heterocycles. The van der Waals surface area contributed by atoms with Gasteiger partial charge in [0.1, 0.15) is 11.9 Å². The molecular formula is C18H19ClN2O4. The zero-order chi connectivity index (χ0) is 17.3. The molecule has 4 rings (SSSR count). The van der Waals surface area contributed by atoms with Crippen LogP contribution in [0.1, 0.15) is 29.8 Å². The fourth-order valence-corrected chi connectivity index (χ4v) is 3.74. The normalized spacial score (nSPS) is 26.1. The molecule has 0 radical (unpaired) electrons. The minimum absolute atomic E-state index is 0.0264. The van der Waals surface area contributed by atoms with Crippen LogP contribution in [0.3, 0.4) is 0 Å². The first kappa shape index (κ1) is 16.4. The molecule has 2 fully saturated rings. The molecule has 0 unspecified atom stereocenters. The lowest BCUT2D eigenvalue weighted by Gasteiger charge is -2.39. The molecule has 1 spiro atoms. The first-order valence-corrected chi connectivity index (χ1v) is 8.75. The third-order valence-corrected chi connectivity index (χ3v) is 5.01. The molecule has 0 saturated carbocycles. The van der Waals surface area contributed by atoms with E-state index in [9.17, 15) is 4.79 Å². The molecule has 1 amide bonds. The molecule has 7 heteroatoms. The molecule has 2 saturated heterocycles. The molecule has 0 aliphatic carbocycles. The first-order valence-electron chi connectivity index (χ1n) is 8.38. The Morgan fingerprint density at radius 1 is 1.36 bits per heavy atom. The zero-order valence-electron chi connectivity index (χ0n) is 13.7. The number of ether oxygens (including phenoxy) is 2. The van der Waals surface area contributed by atoms with Gasteiger partial charge in [0.25, 0.3) is 5.91 Å². The summed E-state index contributed by atoms with van der Waals surface area (Å²) in [4.78, 5) is 18.1. The topological polar surface area (TPSA) is 64.8 Å². The lowest BCUT2D eigenvalue weighted by Crippen LogP contribution is -2.50. The zero-order valence-corrected chi connectivity index (χ0v) is 14.4. The number of halogens is 1. The number of aromatic nitrogens is 1. The van der Waals surface area contributed by atoms with Gasteiger partial charge in [-0.1, -0.05) is 11.6 Å². The molecule has 2 atom stereocenters. The van der Waals surface area contributed by atoms with Crippen LogP contribution in [0, 0.1) is 0 Å². The summed E-state index contributed by atoms with van der Waals surface area (Å²) in [5.41, 5.74) is -0.342. The molecular weight excluding hydrogens is 344 g/mol. The van der Waals surface area contributed by atoms with Crippen LogP contribution in [0.2, 0.25) is 5.02 Å². The van der Waals surface area contributed by atoms with E-state index in [1.54, 1.807) is 17.0 Å². The molecule has 1 aromatic heterocycles. The summed E-state index contributed by atoms with van der Waals surface area (Å²) < 4.78 is 17.2. The van der Waals surface area contributed by atoms with Crippen molar-refractivity contribution in [2.24, 2.45) is 0 Å². The fourth-order valence-electron chi connectivity index (χ4n) is 3.62. The Hall–Kier alpha value is -2.05. The van der Waals surface area contributed by atoms with Crippen molar-refractivity contribution >= 4 is 17.5 Å². The minimum Gasteiger partial charge on any atom is -0.488 e. The molecule has 2 aliphatic heterocycles. The number of carbonyl (C=O) groups is 1. The Labute approximate surface area is 150 Å². The van der Waals surface area contributed by atoms with Gasteiger partial charge in [-0.2, -0.15) is 0 Å². The third-order valence-electron chi connectivity index (χ3n) is 4.76. The van der Waals surface area contributed by atoms with Crippen molar-refractivity contribution in [1.29, 1.82) is 0 Å². The van der Waals surface area contributed by atoms with E-state index < -0.39 is 0 Å². The molecule has 6 nitrogen and oxygen atoms in total. The van der Waals surface area contributed by atoms with Gasteiger partial charge in [-0.3, -0.25) is 4.79 Å². The molecule has 132 valence electrons. The SMILES string of the molecule is O=C(c1cnco1)N1CCC[C@@]2(C[C@@H](Oc3ccc(Cl)cc3)CO2)C1. The maximum atomic E-state index is 12.5. The quantitative estimate of drug-likeness (QED) is 0.839. The fraction of sp³-hybridized carbons (Fsp3) is 0.444. The van der Waals surface area contributed by atoms with E-state index in [2.05, 4.69) is 4.98 Å². The smallest absolute Gasteiger partial charge is 0.291 e. The van der Waals surface area contributed by atoms with Crippen molar-refractivity contribution in [1.82, 2.24) is 9.88 Å². The number of oxazole rings is 1. The predicted molar refractivity (Wildman–Crippen MR) is 90.8 cm³/mol. The van der Waals surface area contributed by atoms with E-state index in [0.29, 0.717) is 24.7 Å². The van der Waals surface area contributed by atoms with Gasteiger partial charge in [-0.25, -0.2) is 4.98 Å². The average molecular weight is 363 g/mol. The monoisotopic (exact) mass is 362 g/mol. The van der Waals surface area contributed by atoms with Crippen molar-refractivity contribution in [3.63, 3.8) is 0 Å². The maximum absolute atomic E-state index is 12.5. The van der Waals surface area contributed by atoms with E-state index in [-0.39, 0.29) is 23.4 Å². The largest absolute Gasteiger partial charge is 0.488 e. The molecule has 2 aliphatic rings. The van der Waals surface area contributed by atoms with Gasteiger partial charge in [-0.15, -0.1) is 0 Å². The van der Waals surface area contributed by atoms with Crippen LogP contribution in [-0.4, -0.2) is 47.2 Å². The maximum Gasteiger partial charge on any atom is 0.291 e. The number of carbonyl (C=O) groups excluding carboxylic acids is 1. The summed E-state index contributed by atoms with van der Waals surface area (Å²) in [5, 5.41) is 0.681. The van der Waals surface area contributed by atoms with E-state index in [1.807, 2.05) is 12.1 Å². The number of piperidine rings is 1. The van der Waals surface area contributed by atoms with Gasteiger partial charge in [0.05, 0.1) is 24.9 Å². The number of likely N-dealkylation sites (tertiary alicyclic amines) is 1. The number of amides is 1. The number of benzene rings is 1. The van der Waals surface area contributed by atoms with E-state index >= 15 is 0 Å². The highest BCUT2D eigenvalue weighted by Gasteiger charge is 2.45. The molecule has 1 aromatic carbocycles. The van der Waals surface area contributed by atoms with Gasteiger partial charge in [-0.05, 0) is 37.1 Å². The first-order chi connectivity index (χ1) is 12.1. The van der Waals surface area contributed by atoms with Gasteiger partial charge >= 0.3 is 0 Å². The molecule has 25 heavy (non-hydrogen) atoms. The van der Waals surface area contributed by atoms with E-state index in [1.165, 1.54) is 12.6 Å². The van der Waals surface area contributed by atoms with Crippen LogP contribution in [0.25, 0.3) is 0 Å². The van der Waals surface area contributed by atoms with Crippen molar-refractivity contribution in [3.8, 4) is 5.75 Å². The summed E-state index contributed by atoms with van der Waals surface area (Å²) in [6.07, 6.45) is 5.28. The van der Waals surface area contributed by atoms with Crippen LogP contribution in [-0.2, 0) is 4.74 Å². The second-order valence-electron chi connectivity index (χ2n) is 6.59. The third kappa shape index (κ3) is 3.50. The number of rotatable bonds is 3. The van der Waals surface area contributed by atoms with Crippen molar-refractivity contribution in [3.05, 3.63) is 47.6 Å². The Morgan fingerprint density at radius 2 is 2.20 bits per heavy atom. The average Bonchev–Trinajstić information content (AvgIpc) is 3.27. The summed E-state index contributed by atoms with van der Waals surface area (Å²) >= 11 is 5.90. The van der Waals surface area contributed by atoms with Crippen LogP contribution < -0.4 is 4.74 Å². The van der Waals surface area contributed by atoms with Crippen LogP contribution in [0.4, 0.5) is 0 Å². The molecule has 0 N–H and O–H groups in total. The Kier molecular flexibility index (Phi) is 4.39. The van der Waals surface area contributed by atoms with Crippen LogP contribution in [0.5, 0.6) is 5.75 Å². The highest BCUT2D eigenvalue weighted by Crippen LogP contribution is 2.36. The predicted octanol–water partition coefficient (Wildman–Crippen LogP) is 3.17. The summed E-state index contributed by atoms with van der Waals surface area (Å²) in [6.45, 7) is 1.77. The van der Waals surface area contributed by atoms with E-state index in [0.717, 1.165) is 25.0 Å². The highest BCUT2D eigenvalue weighted by atomic mass is 35.5. The Bertz CT molecular complexity index is 734.